The van der Waals surface area contributed by atoms with Gasteiger partial charge >= 0.3 is 0 Å². The molecule has 83 heavy (non-hydrogen) atoms. The third-order valence-electron chi connectivity index (χ3n) is 19.2. The van der Waals surface area contributed by atoms with E-state index in [4.69, 9.17) is 8.83 Å². The summed E-state index contributed by atoms with van der Waals surface area (Å²) in [4.78, 5) is 4.96. The molecule has 3 aliphatic rings. The van der Waals surface area contributed by atoms with Crippen molar-refractivity contribution >= 4 is 88.8 Å². The zero-order chi connectivity index (χ0) is 55.2. The van der Waals surface area contributed by atoms with Gasteiger partial charge in [-0.1, -0.05) is 214 Å². The molecule has 0 radical (unpaired) electrons. The van der Waals surface area contributed by atoms with E-state index in [1.807, 2.05) is 0 Å². The summed E-state index contributed by atoms with van der Waals surface area (Å²) in [5, 5.41) is 7.03. The zero-order valence-corrected chi connectivity index (χ0v) is 47.4. The van der Waals surface area contributed by atoms with E-state index in [-0.39, 0.29) is 0 Å². The molecule has 4 nitrogen and oxygen atoms in total. The van der Waals surface area contributed by atoms with Gasteiger partial charge in [-0.05, 0) is 167 Å². The van der Waals surface area contributed by atoms with Crippen molar-refractivity contribution in [1.29, 1.82) is 0 Å². The maximum Gasteiger partial charge on any atom is 0.159 e. The number of hydrogen-bond donors (Lipinski definition) is 0. The smallest absolute Gasteiger partial charge is 0.159 e. The second-order valence-corrected chi connectivity index (χ2v) is 24.1. The molecule has 2 saturated carbocycles. The van der Waals surface area contributed by atoms with E-state index in [0.29, 0.717) is 11.8 Å². The summed E-state index contributed by atoms with van der Waals surface area (Å²) < 4.78 is 14.7. The molecule has 2 fully saturated rings. The molecule has 16 rings (SSSR count). The summed E-state index contributed by atoms with van der Waals surface area (Å²) in [6.45, 7) is 4.40. The maximum atomic E-state index is 7.40. The fraction of sp³-hybridized carbons (Fsp3) is 0.190. The number of furan rings is 2. The van der Waals surface area contributed by atoms with Crippen molar-refractivity contribution in [3.05, 3.63) is 275 Å². The highest BCUT2D eigenvalue weighted by Crippen LogP contribution is 2.61. The summed E-state index contributed by atoms with van der Waals surface area (Å²) in [5.41, 5.74) is 21.9. The van der Waals surface area contributed by atoms with Crippen molar-refractivity contribution in [1.82, 2.24) is 0 Å². The second-order valence-electron chi connectivity index (χ2n) is 24.1. The predicted molar refractivity (Wildman–Crippen MR) is 346 cm³/mol. The van der Waals surface area contributed by atoms with Crippen LogP contribution in [0.5, 0.6) is 0 Å². The van der Waals surface area contributed by atoms with Crippen molar-refractivity contribution in [2.75, 3.05) is 9.80 Å². The minimum Gasteiger partial charge on any atom is -0.454 e. The van der Waals surface area contributed by atoms with Gasteiger partial charge in [-0.3, -0.25) is 0 Å². The minimum absolute atomic E-state index is 0.498. The van der Waals surface area contributed by atoms with Crippen LogP contribution in [0.15, 0.2) is 239 Å². The Morgan fingerprint density at radius 2 is 0.783 bits per heavy atom. The first-order valence-corrected chi connectivity index (χ1v) is 30.5. The van der Waals surface area contributed by atoms with E-state index in [0.717, 1.165) is 67.2 Å². The number of rotatable bonds is 10. The Morgan fingerprint density at radius 3 is 1.33 bits per heavy atom. The molecular formula is C79H66N2O2. The fourth-order valence-electron chi connectivity index (χ4n) is 15.5. The quantitative estimate of drug-likeness (QED) is 0.137. The lowest BCUT2D eigenvalue weighted by atomic mass is 9.67. The molecule has 404 valence electrons. The van der Waals surface area contributed by atoms with Gasteiger partial charge in [0.1, 0.15) is 11.2 Å². The van der Waals surface area contributed by atoms with Crippen molar-refractivity contribution in [2.45, 2.75) is 95.3 Å². The number of aryl methyl sites for hydroxylation is 2. The Morgan fingerprint density at radius 1 is 0.337 bits per heavy atom. The Kier molecular flexibility index (Phi) is 12.0. The van der Waals surface area contributed by atoms with E-state index < -0.39 is 5.41 Å². The highest BCUT2D eigenvalue weighted by atomic mass is 16.3. The maximum absolute atomic E-state index is 7.40. The van der Waals surface area contributed by atoms with Crippen LogP contribution >= 0.6 is 0 Å². The molecule has 0 amide bonds. The van der Waals surface area contributed by atoms with Gasteiger partial charge < -0.3 is 18.6 Å². The van der Waals surface area contributed by atoms with E-state index in [9.17, 15) is 0 Å². The van der Waals surface area contributed by atoms with E-state index >= 15 is 0 Å². The van der Waals surface area contributed by atoms with Crippen LogP contribution in [0.2, 0.25) is 0 Å². The van der Waals surface area contributed by atoms with Gasteiger partial charge in [0.15, 0.2) is 11.2 Å². The molecule has 0 aliphatic heterocycles. The predicted octanol–water partition coefficient (Wildman–Crippen LogP) is 22.7. The third-order valence-corrected chi connectivity index (χ3v) is 19.2. The Bertz CT molecular complexity index is 4590. The topological polar surface area (TPSA) is 32.8 Å². The van der Waals surface area contributed by atoms with Gasteiger partial charge in [0.2, 0.25) is 0 Å². The first kappa shape index (κ1) is 49.7. The largest absolute Gasteiger partial charge is 0.454 e. The summed E-state index contributed by atoms with van der Waals surface area (Å²) in [6.07, 6.45) is 12.5. The normalized spacial score (nSPS) is 15.3. The summed E-state index contributed by atoms with van der Waals surface area (Å²) >= 11 is 0. The minimum atomic E-state index is -0.765. The summed E-state index contributed by atoms with van der Waals surface area (Å²) in [6, 6.07) is 86.7. The number of para-hydroxylation sites is 4. The average molecular weight is 1080 g/mol. The van der Waals surface area contributed by atoms with Gasteiger partial charge in [0.05, 0.1) is 22.5 Å². The number of benzene rings is 11. The standard InChI is InChI=1S/C79H66N2O2/c1-51-23-17-33-57(47-51)80(71-43-21-41-66-64-39-19-37-60(75(64)82-77(66)71)53-25-7-3-8-26-53)59-45-46-68-69(49-59)79(55-29-11-5-12-30-55,56-31-13-6-14-32-56)70-50-73(62-35-15-16-36-63(62)74(68)70)81(58-34-18-24-52(2)48-58)72-44-22-42-67-65-40-20-38-61(76(65)83-78(67)72)54-27-9-4-10-28-54/h5-6,11-24,29-50,53-54H,3-4,7-10,25-28H2,1-2H3. The third kappa shape index (κ3) is 7.93. The first-order chi connectivity index (χ1) is 41.0. The van der Waals surface area contributed by atoms with Crippen molar-refractivity contribution in [2.24, 2.45) is 0 Å². The molecule has 0 unspecified atom stereocenters. The Labute approximate surface area is 486 Å². The van der Waals surface area contributed by atoms with Crippen LogP contribution in [0.4, 0.5) is 34.1 Å². The van der Waals surface area contributed by atoms with Crippen LogP contribution in [-0.4, -0.2) is 0 Å². The molecular weight excluding hydrogens is 1010 g/mol. The zero-order valence-electron chi connectivity index (χ0n) is 47.4. The molecule has 3 aliphatic carbocycles. The number of hydrogen-bond acceptors (Lipinski definition) is 4. The molecule has 0 N–H and O–H groups in total. The van der Waals surface area contributed by atoms with E-state index in [1.54, 1.807) is 0 Å². The fourth-order valence-corrected chi connectivity index (χ4v) is 15.5. The van der Waals surface area contributed by atoms with Gasteiger partial charge in [-0.2, -0.15) is 0 Å². The molecule has 2 aromatic heterocycles. The highest BCUT2D eigenvalue weighted by molar-refractivity contribution is 6.16. The lowest BCUT2D eigenvalue weighted by Crippen LogP contribution is -2.29. The number of fused-ring (bicyclic) bond motifs is 11. The van der Waals surface area contributed by atoms with Crippen LogP contribution in [0.3, 0.4) is 0 Å². The lowest BCUT2D eigenvalue weighted by Gasteiger charge is -2.36. The summed E-state index contributed by atoms with van der Waals surface area (Å²) in [7, 11) is 0. The monoisotopic (exact) mass is 1070 g/mol. The molecule has 0 spiro atoms. The van der Waals surface area contributed by atoms with Gasteiger partial charge in [-0.15, -0.1) is 0 Å². The molecule has 0 saturated heterocycles. The number of nitrogens with zero attached hydrogens (tertiary/aromatic N) is 2. The molecule has 4 heteroatoms. The van der Waals surface area contributed by atoms with Crippen molar-refractivity contribution in [3.8, 4) is 11.1 Å². The Hall–Kier alpha value is -9.12. The highest BCUT2D eigenvalue weighted by Gasteiger charge is 2.48. The summed E-state index contributed by atoms with van der Waals surface area (Å²) in [5.74, 6) is 1.00. The van der Waals surface area contributed by atoms with Crippen LogP contribution < -0.4 is 9.80 Å². The van der Waals surface area contributed by atoms with Crippen molar-refractivity contribution in [3.63, 3.8) is 0 Å². The van der Waals surface area contributed by atoms with Gasteiger partial charge in [0, 0.05) is 44.0 Å². The molecule has 0 atom stereocenters. The van der Waals surface area contributed by atoms with Crippen LogP contribution in [-0.2, 0) is 5.41 Å². The molecule has 13 aromatic rings. The van der Waals surface area contributed by atoms with Crippen LogP contribution in [0, 0.1) is 13.8 Å². The van der Waals surface area contributed by atoms with Gasteiger partial charge in [-0.25, -0.2) is 0 Å². The molecule has 2 heterocycles. The second kappa shape index (κ2) is 20.1. The van der Waals surface area contributed by atoms with Crippen LogP contribution in [0.25, 0.3) is 65.8 Å². The average Bonchev–Trinajstić information content (AvgIpc) is 1.75. The van der Waals surface area contributed by atoms with E-state index in [1.165, 1.54) is 141 Å². The van der Waals surface area contributed by atoms with Crippen molar-refractivity contribution < 1.29 is 8.83 Å². The van der Waals surface area contributed by atoms with Gasteiger partial charge in [0.25, 0.3) is 0 Å². The van der Waals surface area contributed by atoms with E-state index in [2.05, 4.69) is 254 Å². The number of anilines is 6. The SMILES string of the molecule is Cc1cccc(N(c2ccc3c(c2)C(c2ccccc2)(c2ccccc2)c2cc(N(c4cccc(C)c4)c4cccc5c4oc4c(C6CCCCC6)cccc45)c4ccccc4c2-3)c2cccc3c2oc2c(C4CCCCC4)cccc23)c1. The first-order valence-electron chi connectivity index (χ1n) is 30.5. The molecule has 11 aromatic carbocycles. The van der Waals surface area contributed by atoms with Crippen LogP contribution in [0.1, 0.15) is 121 Å². The Balaban J connectivity index is 0.967. The lowest BCUT2D eigenvalue weighted by molar-refractivity contribution is 0.442. The molecule has 0 bridgehead atoms.